The SMILES string of the molecule is CCOc1ccc(CN2C(=O)[C@H](C)[C@@H](C)C2=O)nc1. The third-order valence-corrected chi connectivity index (χ3v) is 3.49. The molecule has 0 N–H and O–H groups in total. The van der Waals surface area contributed by atoms with Gasteiger partial charge >= 0.3 is 0 Å². The van der Waals surface area contributed by atoms with Gasteiger partial charge in [0.25, 0.3) is 0 Å². The number of pyridine rings is 1. The van der Waals surface area contributed by atoms with Crippen molar-refractivity contribution in [3.8, 4) is 5.75 Å². The van der Waals surface area contributed by atoms with Crippen LogP contribution in [0.2, 0.25) is 0 Å². The summed E-state index contributed by atoms with van der Waals surface area (Å²) < 4.78 is 5.30. The van der Waals surface area contributed by atoms with Crippen LogP contribution in [0.4, 0.5) is 0 Å². The molecule has 1 saturated heterocycles. The number of ether oxygens (including phenoxy) is 1. The zero-order chi connectivity index (χ0) is 14.0. The van der Waals surface area contributed by atoms with E-state index in [1.165, 1.54) is 4.90 Å². The predicted molar refractivity (Wildman–Crippen MR) is 69.3 cm³/mol. The molecular formula is C14H18N2O3. The molecule has 0 aromatic carbocycles. The van der Waals surface area contributed by atoms with Gasteiger partial charge in [0.2, 0.25) is 11.8 Å². The Labute approximate surface area is 112 Å². The zero-order valence-electron chi connectivity index (χ0n) is 11.4. The van der Waals surface area contributed by atoms with Crippen molar-refractivity contribution in [2.75, 3.05) is 6.61 Å². The molecule has 1 aromatic rings. The van der Waals surface area contributed by atoms with Gasteiger partial charge in [0.1, 0.15) is 5.75 Å². The molecule has 5 nitrogen and oxygen atoms in total. The van der Waals surface area contributed by atoms with Crippen molar-refractivity contribution >= 4 is 11.8 Å². The topological polar surface area (TPSA) is 59.5 Å². The molecule has 0 radical (unpaired) electrons. The fourth-order valence-electron chi connectivity index (χ4n) is 2.10. The Balaban J connectivity index is 2.09. The smallest absolute Gasteiger partial charge is 0.233 e. The quantitative estimate of drug-likeness (QED) is 0.774. The molecular weight excluding hydrogens is 244 g/mol. The lowest BCUT2D eigenvalue weighted by Gasteiger charge is -2.14. The van der Waals surface area contributed by atoms with E-state index in [0.29, 0.717) is 18.1 Å². The first kappa shape index (κ1) is 13.5. The van der Waals surface area contributed by atoms with E-state index in [9.17, 15) is 9.59 Å². The van der Waals surface area contributed by atoms with Gasteiger partial charge in [0, 0.05) is 11.8 Å². The van der Waals surface area contributed by atoms with E-state index >= 15 is 0 Å². The summed E-state index contributed by atoms with van der Waals surface area (Å²) in [6, 6.07) is 3.57. The second-order valence-electron chi connectivity index (χ2n) is 4.76. The number of hydrogen-bond donors (Lipinski definition) is 0. The van der Waals surface area contributed by atoms with E-state index in [1.54, 1.807) is 32.2 Å². The van der Waals surface area contributed by atoms with E-state index in [4.69, 9.17) is 4.74 Å². The van der Waals surface area contributed by atoms with Gasteiger partial charge < -0.3 is 4.74 Å². The first-order valence-electron chi connectivity index (χ1n) is 6.47. The van der Waals surface area contributed by atoms with Crippen molar-refractivity contribution in [1.82, 2.24) is 9.88 Å². The Morgan fingerprint density at radius 3 is 2.32 bits per heavy atom. The Morgan fingerprint density at radius 1 is 1.21 bits per heavy atom. The van der Waals surface area contributed by atoms with Crippen LogP contribution in [-0.2, 0) is 16.1 Å². The van der Waals surface area contributed by atoms with Crippen LogP contribution in [0.15, 0.2) is 18.3 Å². The number of imide groups is 1. The van der Waals surface area contributed by atoms with E-state index < -0.39 is 0 Å². The number of aromatic nitrogens is 1. The average Bonchev–Trinajstić information content (AvgIpc) is 2.59. The molecule has 5 heteroatoms. The molecule has 1 fully saturated rings. The Morgan fingerprint density at radius 2 is 1.84 bits per heavy atom. The van der Waals surface area contributed by atoms with Crippen LogP contribution in [0.1, 0.15) is 26.5 Å². The van der Waals surface area contributed by atoms with Crippen LogP contribution in [0.5, 0.6) is 5.75 Å². The molecule has 2 amide bonds. The number of rotatable bonds is 4. The highest BCUT2D eigenvalue weighted by atomic mass is 16.5. The standard InChI is InChI=1S/C14H18N2O3/c1-4-19-12-6-5-11(15-7-12)8-16-13(17)9(2)10(3)14(16)18/h5-7,9-10H,4,8H2,1-3H3/t9-,10-/m1/s1. The van der Waals surface area contributed by atoms with Crippen molar-refractivity contribution in [2.24, 2.45) is 11.8 Å². The molecule has 0 saturated carbocycles. The maximum atomic E-state index is 12.0. The van der Waals surface area contributed by atoms with Crippen LogP contribution in [0.3, 0.4) is 0 Å². The third-order valence-electron chi connectivity index (χ3n) is 3.49. The summed E-state index contributed by atoms with van der Waals surface area (Å²) in [7, 11) is 0. The molecule has 1 aromatic heterocycles. The van der Waals surface area contributed by atoms with E-state index in [1.807, 2.05) is 6.92 Å². The monoisotopic (exact) mass is 262 g/mol. The number of likely N-dealkylation sites (tertiary alicyclic amines) is 1. The summed E-state index contributed by atoms with van der Waals surface area (Å²) >= 11 is 0. The van der Waals surface area contributed by atoms with Gasteiger partial charge in [-0.2, -0.15) is 0 Å². The first-order chi connectivity index (χ1) is 9.04. The number of amides is 2. The molecule has 0 bridgehead atoms. The highest BCUT2D eigenvalue weighted by Gasteiger charge is 2.42. The number of carbonyl (C=O) groups is 2. The summed E-state index contributed by atoms with van der Waals surface area (Å²) in [6.07, 6.45) is 1.61. The summed E-state index contributed by atoms with van der Waals surface area (Å²) in [5.74, 6) is -0.0289. The number of carbonyl (C=O) groups excluding carboxylic acids is 2. The summed E-state index contributed by atoms with van der Waals surface area (Å²) in [5.41, 5.74) is 0.687. The second kappa shape index (κ2) is 5.38. The third kappa shape index (κ3) is 2.59. The van der Waals surface area contributed by atoms with Gasteiger partial charge in [-0.15, -0.1) is 0 Å². The van der Waals surface area contributed by atoms with Gasteiger partial charge in [-0.25, -0.2) is 0 Å². The lowest BCUT2D eigenvalue weighted by atomic mass is 10.00. The maximum Gasteiger partial charge on any atom is 0.233 e. The molecule has 1 aliphatic rings. The van der Waals surface area contributed by atoms with Gasteiger partial charge in [0.15, 0.2) is 0 Å². The number of nitrogens with zero attached hydrogens (tertiary/aromatic N) is 2. The van der Waals surface area contributed by atoms with Gasteiger partial charge in [-0.3, -0.25) is 19.5 Å². The fraction of sp³-hybridized carbons (Fsp3) is 0.500. The minimum Gasteiger partial charge on any atom is -0.492 e. The molecule has 2 atom stereocenters. The van der Waals surface area contributed by atoms with Crippen LogP contribution >= 0.6 is 0 Å². The molecule has 102 valence electrons. The lowest BCUT2D eigenvalue weighted by Crippen LogP contribution is -2.30. The first-order valence-corrected chi connectivity index (χ1v) is 6.47. The molecule has 2 heterocycles. The molecule has 1 aliphatic heterocycles. The van der Waals surface area contributed by atoms with Crippen LogP contribution in [0, 0.1) is 11.8 Å². The Kier molecular flexibility index (Phi) is 3.83. The lowest BCUT2D eigenvalue weighted by molar-refractivity contribution is -0.140. The largest absolute Gasteiger partial charge is 0.492 e. The van der Waals surface area contributed by atoms with Gasteiger partial charge in [-0.1, -0.05) is 13.8 Å². The van der Waals surface area contributed by atoms with Crippen LogP contribution in [-0.4, -0.2) is 28.3 Å². The van der Waals surface area contributed by atoms with Crippen LogP contribution < -0.4 is 4.74 Å². The van der Waals surface area contributed by atoms with Crippen molar-refractivity contribution in [2.45, 2.75) is 27.3 Å². The van der Waals surface area contributed by atoms with Gasteiger partial charge in [-0.05, 0) is 19.1 Å². The maximum absolute atomic E-state index is 12.0. The minimum absolute atomic E-state index is 0.117. The average molecular weight is 262 g/mol. The fourth-order valence-corrected chi connectivity index (χ4v) is 2.10. The highest BCUT2D eigenvalue weighted by molar-refractivity contribution is 6.04. The summed E-state index contributed by atoms with van der Waals surface area (Å²) in [4.78, 5) is 29.4. The van der Waals surface area contributed by atoms with E-state index in [2.05, 4.69) is 4.98 Å². The number of hydrogen-bond acceptors (Lipinski definition) is 4. The molecule has 2 rings (SSSR count). The molecule has 0 aliphatic carbocycles. The molecule has 0 unspecified atom stereocenters. The van der Waals surface area contributed by atoms with E-state index in [0.717, 1.165) is 0 Å². The van der Waals surface area contributed by atoms with Crippen molar-refractivity contribution in [1.29, 1.82) is 0 Å². The van der Waals surface area contributed by atoms with Crippen LogP contribution in [0.25, 0.3) is 0 Å². The van der Waals surface area contributed by atoms with Crippen molar-refractivity contribution in [3.05, 3.63) is 24.0 Å². The second-order valence-corrected chi connectivity index (χ2v) is 4.76. The Bertz CT molecular complexity index is 464. The highest BCUT2D eigenvalue weighted by Crippen LogP contribution is 2.26. The van der Waals surface area contributed by atoms with Gasteiger partial charge in [0.05, 0.1) is 25.0 Å². The Hall–Kier alpha value is -1.91. The van der Waals surface area contributed by atoms with Crippen molar-refractivity contribution < 1.29 is 14.3 Å². The zero-order valence-corrected chi connectivity index (χ0v) is 11.4. The predicted octanol–water partition coefficient (Wildman–Crippen LogP) is 1.62. The summed E-state index contributed by atoms with van der Waals surface area (Å²) in [6.45, 7) is 6.29. The summed E-state index contributed by atoms with van der Waals surface area (Å²) in [5, 5.41) is 0. The molecule has 19 heavy (non-hydrogen) atoms. The van der Waals surface area contributed by atoms with E-state index in [-0.39, 0.29) is 30.2 Å². The molecule has 0 spiro atoms. The minimum atomic E-state index is -0.241. The normalized spacial score (nSPS) is 23.0. The van der Waals surface area contributed by atoms with Crippen molar-refractivity contribution in [3.63, 3.8) is 0 Å².